The fourth-order valence-corrected chi connectivity index (χ4v) is 8.13. The molecule has 3 atom stereocenters. The van der Waals surface area contributed by atoms with Gasteiger partial charge in [-0.25, -0.2) is 4.79 Å². The first kappa shape index (κ1) is 54.1. The zero-order valence-corrected chi connectivity index (χ0v) is 38.6. The van der Waals surface area contributed by atoms with Crippen LogP contribution in [0.15, 0.2) is 66.7 Å². The van der Waals surface area contributed by atoms with E-state index < -0.39 is 78.1 Å². The minimum Gasteiger partial charge on any atom is -0.480 e. The number of rotatable bonds is 24. The van der Waals surface area contributed by atoms with Gasteiger partial charge < -0.3 is 41.3 Å². The smallest absolute Gasteiger partial charge is 0.326 e. The normalized spacial score (nSPS) is 17.8. The van der Waals surface area contributed by atoms with Crippen LogP contribution in [0.1, 0.15) is 54.6 Å². The number of nitrogens with one attached hydrogen (secondary N) is 3. The zero-order chi connectivity index (χ0) is 49.8. The highest BCUT2D eigenvalue weighted by Crippen LogP contribution is 2.16. The quantitative estimate of drug-likeness (QED) is 0.0532. The lowest BCUT2D eigenvalue weighted by molar-refractivity contribution is -0.142. The summed E-state index contributed by atoms with van der Waals surface area (Å²) in [7, 11) is 0. The van der Waals surface area contributed by atoms with Crippen LogP contribution in [0.4, 0.5) is 0 Å². The minimum absolute atomic E-state index is 0.000778. The molecule has 0 spiro atoms. The van der Waals surface area contributed by atoms with Crippen molar-refractivity contribution in [2.75, 3.05) is 85.1 Å². The lowest BCUT2D eigenvalue weighted by Gasteiger charge is -2.38. The standard InChI is InChI=1S/C47H64N8O13/c1-32(2)27-51-18-19-52(29-42(59)60)20-21-53(30-43(61)62)28-36(54(23-22-51)31-44(63)64)24-34-11-13-35(14-12-34)45(65)50-38(25-33-8-4-3-5-9-33)46(66)48-26-39(56)49-37(47(67)68)10-6-7-17-55-40(57)15-16-41(55)58/h3-5,8-9,11-16,32,36-38H,6-7,10,17-31H2,1-2H3,(H,48,66)(H,49,56)(H,50,65)(H,59,60)(H,61,62)(H,63,64)(H,67,68)/t36?,37-,38-/m0/s1. The molecule has 5 amide bonds. The van der Waals surface area contributed by atoms with Crippen molar-refractivity contribution in [3.05, 3.63) is 83.4 Å². The first-order valence-electron chi connectivity index (χ1n) is 22.7. The van der Waals surface area contributed by atoms with Gasteiger partial charge in [-0.15, -0.1) is 0 Å². The number of unbranched alkanes of at least 4 members (excludes halogenated alkanes) is 1. The number of benzene rings is 2. The largest absolute Gasteiger partial charge is 0.480 e. The van der Waals surface area contributed by atoms with Crippen LogP contribution in [0.3, 0.4) is 0 Å². The second-order valence-corrected chi connectivity index (χ2v) is 17.5. The van der Waals surface area contributed by atoms with Gasteiger partial charge in [0, 0.05) is 89.1 Å². The summed E-state index contributed by atoms with van der Waals surface area (Å²) in [6, 6.07) is 12.4. The fraction of sp³-hybridized carbons (Fsp3) is 0.511. The Morgan fingerprint density at radius 1 is 0.662 bits per heavy atom. The van der Waals surface area contributed by atoms with E-state index >= 15 is 0 Å². The summed E-state index contributed by atoms with van der Waals surface area (Å²) in [4.78, 5) is 120. The molecule has 2 heterocycles. The molecule has 0 aliphatic carbocycles. The number of amides is 5. The molecule has 21 heteroatoms. The Morgan fingerprint density at radius 3 is 1.85 bits per heavy atom. The third-order valence-electron chi connectivity index (χ3n) is 11.5. The number of nitrogens with zero attached hydrogens (tertiary/aromatic N) is 5. The van der Waals surface area contributed by atoms with Gasteiger partial charge in [0.25, 0.3) is 17.7 Å². The van der Waals surface area contributed by atoms with Gasteiger partial charge in [0.05, 0.1) is 26.2 Å². The van der Waals surface area contributed by atoms with Crippen LogP contribution in [0.5, 0.6) is 0 Å². The number of aliphatic carboxylic acids is 4. The van der Waals surface area contributed by atoms with E-state index in [0.717, 1.165) is 17.1 Å². The van der Waals surface area contributed by atoms with Crippen molar-refractivity contribution in [2.24, 2.45) is 5.92 Å². The molecule has 0 radical (unpaired) electrons. The summed E-state index contributed by atoms with van der Waals surface area (Å²) in [5.74, 6) is -7.18. The van der Waals surface area contributed by atoms with Crippen LogP contribution in [0.25, 0.3) is 0 Å². The van der Waals surface area contributed by atoms with Crippen molar-refractivity contribution in [3.8, 4) is 0 Å². The number of hydrogen-bond donors (Lipinski definition) is 7. The van der Waals surface area contributed by atoms with Crippen molar-refractivity contribution >= 4 is 53.4 Å². The van der Waals surface area contributed by atoms with Crippen LogP contribution in [0.2, 0.25) is 0 Å². The number of hydrogen-bond acceptors (Lipinski definition) is 13. The molecule has 1 saturated heterocycles. The fourth-order valence-electron chi connectivity index (χ4n) is 8.13. The number of carbonyl (C=O) groups is 9. The second-order valence-electron chi connectivity index (χ2n) is 17.5. The molecule has 2 aliphatic heterocycles. The highest BCUT2D eigenvalue weighted by atomic mass is 16.4. The van der Waals surface area contributed by atoms with E-state index in [1.807, 2.05) is 4.90 Å². The molecule has 2 aliphatic rings. The third kappa shape index (κ3) is 19.0. The molecule has 1 unspecified atom stereocenters. The van der Waals surface area contributed by atoms with Gasteiger partial charge in [-0.05, 0) is 54.9 Å². The lowest BCUT2D eigenvalue weighted by Crippen LogP contribution is -2.53. The average molecular weight is 949 g/mol. The maximum absolute atomic E-state index is 13.7. The Kier molecular flexibility index (Phi) is 21.7. The average Bonchev–Trinajstić information content (AvgIpc) is 3.60. The van der Waals surface area contributed by atoms with Gasteiger partial charge in [0.15, 0.2) is 0 Å². The van der Waals surface area contributed by atoms with Crippen molar-refractivity contribution in [1.29, 1.82) is 0 Å². The van der Waals surface area contributed by atoms with E-state index in [1.165, 1.54) is 0 Å². The molecule has 68 heavy (non-hydrogen) atoms. The first-order chi connectivity index (χ1) is 32.4. The van der Waals surface area contributed by atoms with Gasteiger partial charge >= 0.3 is 23.9 Å². The molecule has 370 valence electrons. The Bertz CT molecular complexity index is 2080. The lowest BCUT2D eigenvalue weighted by atomic mass is 10.0. The van der Waals surface area contributed by atoms with Gasteiger partial charge in [-0.2, -0.15) is 0 Å². The molecule has 2 aromatic carbocycles. The Labute approximate surface area is 395 Å². The number of carboxylic acids is 4. The summed E-state index contributed by atoms with van der Waals surface area (Å²) in [6.07, 6.45) is 3.21. The van der Waals surface area contributed by atoms with E-state index in [2.05, 4.69) is 34.7 Å². The van der Waals surface area contributed by atoms with E-state index in [4.69, 9.17) is 0 Å². The van der Waals surface area contributed by atoms with Crippen molar-refractivity contribution in [2.45, 2.75) is 64.1 Å². The highest BCUT2D eigenvalue weighted by molar-refractivity contribution is 6.12. The van der Waals surface area contributed by atoms with E-state index in [9.17, 15) is 63.6 Å². The van der Waals surface area contributed by atoms with E-state index in [0.29, 0.717) is 50.3 Å². The summed E-state index contributed by atoms with van der Waals surface area (Å²) >= 11 is 0. The Balaban J connectivity index is 1.46. The van der Waals surface area contributed by atoms with Crippen LogP contribution >= 0.6 is 0 Å². The van der Waals surface area contributed by atoms with Gasteiger partial charge in [-0.3, -0.25) is 58.0 Å². The highest BCUT2D eigenvalue weighted by Gasteiger charge is 2.29. The Hall–Kier alpha value is -6.55. The van der Waals surface area contributed by atoms with Crippen LogP contribution in [-0.2, 0) is 51.2 Å². The van der Waals surface area contributed by atoms with E-state index in [-0.39, 0.29) is 83.0 Å². The molecule has 21 nitrogen and oxygen atoms in total. The molecule has 0 bridgehead atoms. The predicted octanol–water partition coefficient (Wildman–Crippen LogP) is -0.149. The first-order valence-corrected chi connectivity index (χ1v) is 22.7. The summed E-state index contributed by atoms with van der Waals surface area (Å²) < 4.78 is 0. The van der Waals surface area contributed by atoms with Crippen molar-refractivity contribution in [1.82, 2.24) is 40.4 Å². The molecule has 0 aromatic heterocycles. The van der Waals surface area contributed by atoms with Crippen LogP contribution in [-0.4, -0.2) is 202 Å². The number of carbonyl (C=O) groups excluding carboxylic acids is 5. The molecule has 4 rings (SSSR count). The second kappa shape index (κ2) is 27.3. The van der Waals surface area contributed by atoms with Crippen molar-refractivity contribution < 1.29 is 63.6 Å². The van der Waals surface area contributed by atoms with Gasteiger partial charge in [-0.1, -0.05) is 56.3 Å². The molecule has 7 N–H and O–H groups in total. The third-order valence-corrected chi connectivity index (χ3v) is 11.5. The number of imide groups is 1. The maximum atomic E-state index is 13.7. The molecule has 0 saturated carbocycles. The van der Waals surface area contributed by atoms with Gasteiger partial charge in [0.1, 0.15) is 12.1 Å². The molecule has 1 fully saturated rings. The molecular weight excluding hydrogens is 885 g/mol. The van der Waals surface area contributed by atoms with Crippen LogP contribution < -0.4 is 16.0 Å². The summed E-state index contributed by atoms with van der Waals surface area (Å²) in [5.41, 5.74) is 1.61. The monoisotopic (exact) mass is 948 g/mol. The van der Waals surface area contributed by atoms with Crippen molar-refractivity contribution in [3.63, 3.8) is 0 Å². The predicted molar refractivity (Wildman–Crippen MR) is 246 cm³/mol. The van der Waals surface area contributed by atoms with Gasteiger partial charge in [0.2, 0.25) is 11.8 Å². The SMILES string of the molecule is CC(C)CN1CCN(CC(=O)O)CCN(CC(=O)O)CC(Cc2ccc(C(=O)N[C@@H](Cc3ccccc3)C(=O)NCC(=O)N[C@@H](CCCCN3C(=O)C=CC3=O)C(=O)O)cc2)N(CC(=O)O)CC1. The maximum Gasteiger partial charge on any atom is 0.326 e. The summed E-state index contributed by atoms with van der Waals surface area (Å²) in [5, 5.41) is 46.8. The van der Waals surface area contributed by atoms with Crippen LogP contribution in [0, 0.1) is 5.92 Å². The topological polar surface area (TPSA) is 287 Å². The minimum atomic E-state index is -1.31. The number of carboxylic acid groups (broad SMARTS) is 4. The summed E-state index contributed by atoms with van der Waals surface area (Å²) in [6.45, 7) is 5.89. The molecular formula is C47H64N8O13. The zero-order valence-electron chi connectivity index (χ0n) is 38.6. The Morgan fingerprint density at radius 2 is 1.25 bits per heavy atom. The van der Waals surface area contributed by atoms with E-state index in [1.54, 1.807) is 64.4 Å². The molecule has 2 aromatic rings.